The Balaban J connectivity index is 0.00000243. The van der Waals surface area contributed by atoms with Crippen LogP contribution in [0, 0.1) is 0 Å². The lowest BCUT2D eigenvalue weighted by molar-refractivity contribution is 0.373. The molecule has 1 aromatic carbocycles. The third-order valence-electron chi connectivity index (χ3n) is 4.44. The Morgan fingerprint density at radius 2 is 1.96 bits per heavy atom. The molecule has 0 aliphatic carbocycles. The Bertz CT molecular complexity index is 724. The predicted molar refractivity (Wildman–Crippen MR) is 119 cm³/mol. The molecule has 0 unspecified atom stereocenters. The molecule has 1 aromatic heterocycles. The highest BCUT2D eigenvalue weighted by atomic mass is 127. The fourth-order valence-electron chi connectivity index (χ4n) is 3.12. The van der Waals surface area contributed by atoms with Crippen LogP contribution in [-0.4, -0.2) is 60.4 Å². The van der Waals surface area contributed by atoms with E-state index in [0.717, 1.165) is 55.8 Å². The van der Waals surface area contributed by atoms with Crippen LogP contribution < -0.4 is 10.2 Å². The molecule has 0 saturated carbocycles. The highest BCUT2D eigenvalue weighted by Gasteiger charge is 2.20. The third-order valence-corrected chi connectivity index (χ3v) is 4.76. The maximum Gasteiger partial charge on any atom is 0.193 e. The lowest BCUT2D eigenvalue weighted by atomic mass is 10.2. The first-order chi connectivity index (χ1) is 12.2. The number of nitrogens with zero attached hydrogens (tertiary/aromatic N) is 5. The number of aryl methyl sites for hydroxylation is 1. The standard InChI is InChI=1S/C18H25ClN6.HI/c1-20-18(21-8-7-15-13-22-23(2)14-15)25-11-9-24(10-12-25)17-6-4-3-5-16(17)19;/h3-6,13-14H,7-12H2,1-2H3,(H,20,21);1H. The van der Waals surface area contributed by atoms with Crippen LogP contribution in [0.4, 0.5) is 5.69 Å². The monoisotopic (exact) mass is 488 g/mol. The van der Waals surface area contributed by atoms with Crippen molar-refractivity contribution in [3.05, 3.63) is 47.2 Å². The molecule has 0 radical (unpaired) electrons. The number of halogens is 2. The number of benzene rings is 1. The van der Waals surface area contributed by atoms with Crippen LogP contribution in [0.15, 0.2) is 41.7 Å². The summed E-state index contributed by atoms with van der Waals surface area (Å²) in [6.45, 7) is 4.58. The Labute approximate surface area is 177 Å². The topological polar surface area (TPSA) is 48.7 Å². The summed E-state index contributed by atoms with van der Waals surface area (Å²) < 4.78 is 1.83. The molecule has 8 heteroatoms. The van der Waals surface area contributed by atoms with Gasteiger partial charge in [-0.2, -0.15) is 5.10 Å². The summed E-state index contributed by atoms with van der Waals surface area (Å²) in [4.78, 5) is 9.07. The smallest absolute Gasteiger partial charge is 0.193 e. The normalized spacial score (nSPS) is 15.0. The van der Waals surface area contributed by atoms with E-state index < -0.39 is 0 Å². The van der Waals surface area contributed by atoms with E-state index >= 15 is 0 Å². The van der Waals surface area contributed by atoms with Gasteiger partial charge in [-0.3, -0.25) is 9.67 Å². The van der Waals surface area contributed by atoms with E-state index in [0.29, 0.717) is 0 Å². The van der Waals surface area contributed by atoms with E-state index in [1.165, 1.54) is 5.56 Å². The van der Waals surface area contributed by atoms with E-state index in [4.69, 9.17) is 11.6 Å². The number of aromatic nitrogens is 2. The Morgan fingerprint density at radius 1 is 1.23 bits per heavy atom. The minimum atomic E-state index is 0. The number of piperazine rings is 1. The van der Waals surface area contributed by atoms with Crippen molar-refractivity contribution in [2.24, 2.45) is 12.0 Å². The second kappa shape index (κ2) is 10.0. The van der Waals surface area contributed by atoms with Crippen LogP contribution in [0.25, 0.3) is 0 Å². The summed E-state index contributed by atoms with van der Waals surface area (Å²) >= 11 is 6.31. The summed E-state index contributed by atoms with van der Waals surface area (Å²) in [6, 6.07) is 8.03. The van der Waals surface area contributed by atoms with Gasteiger partial charge in [0.2, 0.25) is 0 Å². The molecule has 1 saturated heterocycles. The molecule has 6 nitrogen and oxygen atoms in total. The number of hydrogen-bond donors (Lipinski definition) is 1. The molecule has 0 spiro atoms. The van der Waals surface area contributed by atoms with Crippen molar-refractivity contribution in [3.63, 3.8) is 0 Å². The number of anilines is 1. The average Bonchev–Trinajstić information content (AvgIpc) is 3.05. The predicted octanol–water partition coefficient (Wildman–Crippen LogP) is 2.63. The summed E-state index contributed by atoms with van der Waals surface area (Å²) in [7, 11) is 3.78. The van der Waals surface area contributed by atoms with Crippen LogP contribution in [-0.2, 0) is 13.5 Å². The molecular formula is C18H26ClIN6. The van der Waals surface area contributed by atoms with E-state index in [1.54, 1.807) is 0 Å². The first-order valence-corrected chi connectivity index (χ1v) is 8.98. The van der Waals surface area contributed by atoms with Crippen LogP contribution >= 0.6 is 35.6 Å². The SMILES string of the molecule is CN=C(NCCc1cnn(C)c1)N1CCN(c2ccccc2Cl)CC1.I. The number of guanidine groups is 1. The van der Waals surface area contributed by atoms with Gasteiger partial charge in [-0.1, -0.05) is 23.7 Å². The van der Waals surface area contributed by atoms with Gasteiger partial charge in [0.25, 0.3) is 0 Å². The Hall–Kier alpha value is -1.48. The summed E-state index contributed by atoms with van der Waals surface area (Å²) in [5.74, 6) is 0.961. The first kappa shape index (κ1) is 20.8. The molecule has 0 amide bonds. The number of rotatable bonds is 4. The van der Waals surface area contributed by atoms with Gasteiger partial charge >= 0.3 is 0 Å². The molecule has 1 aliphatic heterocycles. The third kappa shape index (κ3) is 5.26. The van der Waals surface area contributed by atoms with Crippen molar-refractivity contribution in [3.8, 4) is 0 Å². The van der Waals surface area contributed by atoms with Crippen molar-refractivity contribution in [2.45, 2.75) is 6.42 Å². The quantitative estimate of drug-likeness (QED) is 0.408. The van der Waals surface area contributed by atoms with Gasteiger partial charge in [0, 0.05) is 53.0 Å². The maximum atomic E-state index is 6.31. The summed E-state index contributed by atoms with van der Waals surface area (Å²) in [6.07, 6.45) is 4.89. The number of hydrogen-bond acceptors (Lipinski definition) is 3. The van der Waals surface area contributed by atoms with E-state index in [1.807, 2.05) is 49.4 Å². The minimum absolute atomic E-state index is 0. The largest absolute Gasteiger partial charge is 0.367 e. The molecule has 2 aromatic rings. The van der Waals surface area contributed by atoms with Gasteiger partial charge in [0.15, 0.2) is 5.96 Å². The lowest BCUT2D eigenvalue weighted by Gasteiger charge is -2.38. The highest BCUT2D eigenvalue weighted by Crippen LogP contribution is 2.25. The molecule has 26 heavy (non-hydrogen) atoms. The van der Waals surface area contributed by atoms with Crippen LogP contribution in [0.3, 0.4) is 0 Å². The average molecular weight is 489 g/mol. The van der Waals surface area contributed by atoms with Crippen molar-refractivity contribution < 1.29 is 0 Å². The molecule has 3 rings (SSSR count). The number of nitrogens with one attached hydrogen (secondary N) is 1. The van der Waals surface area contributed by atoms with Crippen molar-refractivity contribution in [1.82, 2.24) is 20.0 Å². The fourth-order valence-corrected chi connectivity index (χ4v) is 3.37. The lowest BCUT2D eigenvalue weighted by Crippen LogP contribution is -2.52. The van der Waals surface area contributed by atoms with Crippen LogP contribution in [0.1, 0.15) is 5.56 Å². The van der Waals surface area contributed by atoms with Crippen LogP contribution in [0.2, 0.25) is 5.02 Å². The fraction of sp³-hybridized carbons (Fsp3) is 0.444. The molecule has 142 valence electrons. The first-order valence-electron chi connectivity index (χ1n) is 8.60. The zero-order chi connectivity index (χ0) is 17.6. The van der Waals surface area contributed by atoms with Gasteiger partial charge < -0.3 is 15.1 Å². The molecule has 0 bridgehead atoms. The van der Waals surface area contributed by atoms with Crippen LogP contribution in [0.5, 0.6) is 0 Å². The van der Waals surface area contributed by atoms with E-state index in [2.05, 4.69) is 31.3 Å². The molecular weight excluding hydrogens is 463 g/mol. The second-order valence-electron chi connectivity index (χ2n) is 6.17. The molecule has 0 atom stereocenters. The zero-order valence-electron chi connectivity index (χ0n) is 15.2. The van der Waals surface area contributed by atoms with Gasteiger partial charge in [-0.15, -0.1) is 24.0 Å². The second-order valence-corrected chi connectivity index (χ2v) is 6.58. The Morgan fingerprint density at radius 3 is 2.58 bits per heavy atom. The minimum Gasteiger partial charge on any atom is -0.367 e. The van der Waals surface area contributed by atoms with Gasteiger partial charge in [-0.05, 0) is 24.1 Å². The van der Waals surface area contributed by atoms with Crippen molar-refractivity contribution in [2.75, 3.05) is 44.7 Å². The van der Waals surface area contributed by atoms with Gasteiger partial charge in [0.1, 0.15) is 0 Å². The maximum absolute atomic E-state index is 6.31. The van der Waals surface area contributed by atoms with Gasteiger partial charge in [0.05, 0.1) is 16.9 Å². The molecule has 2 heterocycles. The molecule has 1 N–H and O–H groups in total. The summed E-state index contributed by atoms with van der Waals surface area (Å²) in [5, 5.41) is 8.47. The highest BCUT2D eigenvalue weighted by molar-refractivity contribution is 14.0. The Kier molecular flexibility index (Phi) is 8.02. The van der Waals surface area contributed by atoms with E-state index in [9.17, 15) is 0 Å². The van der Waals surface area contributed by atoms with Crippen molar-refractivity contribution >= 4 is 47.2 Å². The molecule has 1 aliphatic rings. The summed E-state index contributed by atoms with van der Waals surface area (Å²) in [5.41, 5.74) is 2.34. The van der Waals surface area contributed by atoms with Gasteiger partial charge in [-0.25, -0.2) is 0 Å². The van der Waals surface area contributed by atoms with Crippen molar-refractivity contribution in [1.29, 1.82) is 0 Å². The zero-order valence-corrected chi connectivity index (χ0v) is 18.3. The van der Waals surface area contributed by atoms with E-state index in [-0.39, 0.29) is 24.0 Å². The molecule has 1 fully saturated rings. The number of para-hydroxylation sites is 1. The number of aliphatic imine (C=N–C) groups is 1.